The van der Waals surface area contributed by atoms with Gasteiger partial charge < -0.3 is 10.1 Å². The Bertz CT molecular complexity index is 299. The number of esters is 1. The maximum Gasteiger partial charge on any atom is 0.316 e. The zero-order valence-electron chi connectivity index (χ0n) is 9.91. The third kappa shape index (κ3) is 3.17. The summed E-state index contributed by atoms with van der Waals surface area (Å²) >= 11 is 0. The fraction of sp³-hybridized carbons (Fsp3) is 0.667. The van der Waals surface area contributed by atoms with E-state index in [1.54, 1.807) is 6.92 Å². The fourth-order valence-corrected chi connectivity index (χ4v) is 1.89. The van der Waals surface area contributed by atoms with Crippen LogP contribution in [-0.2, 0) is 14.3 Å². The van der Waals surface area contributed by atoms with Gasteiger partial charge in [-0.25, -0.2) is 0 Å². The zero-order chi connectivity index (χ0) is 12.1. The minimum Gasteiger partial charge on any atom is -0.465 e. The van der Waals surface area contributed by atoms with Gasteiger partial charge in [0.1, 0.15) is 5.92 Å². The molecule has 1 N–H and O–H groups in total. The fourth-order valence-electron chi connectivity index (χ4n) is 1.89. The molecule has 0 aromatic heterocycles. The molecule has 0 aromatic rings. The molecule has 1 aliphatic rings. The molecule has 0 bridgehead atoms. The van der Waals surface area contributed by atoms with Crippen molar-refractivity contribution >= 4 is 11.8 Å². The normalized spacial score (nSPS) is 25.2. The van der Waals surface area contributed by atoms with Crippen LogP contribution in [0.4, 0.5) is 0 Å². The lowest BCUT2D eigenvalue weighted by molar-refractivity contribution is -0.153. The molecule has 0 saturated carbocycles. The number of carbonyl (C=O) groups excluding carboxylic acids is 2. The third-order valence-corrected chi connectivity index (χ3v) is 2.63. The molecule has 1 saturated heterocycles. The largest absolute Gasteiger partial charge is 0.465 e. The summed E-state index contributed by atoms with van der Waals surface area (Å²) in [6.07, 6.45) is 1.12. The average molecular weight is 225 g/mol. The summed E-state index contributed by atoms with van der Waals surface area (Å²) in [6, 6.07) is -0.277. The van der Waals surface area contributed by atoms with E-state index in [-0.39, 0.29) is 17.8 Å². The molecule has 4 heteroatoms. The average Bonchev–Trinajstić information content (AvgIpc) is 2.21. The lowest BCUT2D eigenvalue weighted by Crippen LogP contribution is -2.49. The van der Waals surface area contributed by atoms with Gasteiger partial charge in [0.15, 0.2) is 5.78 Å². The first-order valence-electron chi connectivity index (χ1n) is 5.64. The van der Waals surface area contributed by atoms with Crippen LogP contribution in [0.15, 0.2) is 12.2 Å². The number of nitrogens with one attached hydrogen (secondary N) is 1. The Morgan fingerprint density at radius 2 is 2.31 bits per heavy atom. The lowest BCUT2D eigenvalue weighted by Gasteiger charge is -2.27. The van der Waals surface area contributed by atoms with Crippen molar-refractivity contribution in [3.05, 3.63) is 12.2 Å². The molecule has 1 heterocycles. The first kappa shape index (κ1) is 12.9. The number of ether oxygens (including phenoxy) is 1. The summed E-state index contributed by atoms with van der Waals surface area (Å²) in [5.41, 5.74) is 0.940. The monoisotopic (exact) mass is 225 g/mol. The van der Waals surface area contributed by atoms with E-state index in [4.69, 9.17) is 4.74 Å². The second kappa shape index (κ2) is 5.80. The van der Waals surface area contributed by atoms with Gasteiger partial charge in [0.05, 0.1) is 12.6 Å². The van der Waals surface area contributed by atoms with Crippen LogP contribution in [0.3, 0.4) is 0 Å². The zero-order valence-corrected chi connectivity index (χ0v) is 9.91. The van der Waals surface area contributed by atoms with Gasteiger partial charge in [-0.05, 0) is 33.2 Å². The van der Waals surface area contributed by atoms with Gasteiger partial charge in [0.2, 0.25) is 0 Å². The van der Waals surface area contributed by atoms with Crippen LogP contribution in [0.2, 0.25) is 0 Å². The van der Waals surface area contributed by atoms with Crippen LogP contribution in [0.1, 0.15) is 26.7 Å². The van der Waals surface area contributed by atoms with E-state index in [1.807, 2.05) is 6.92 Å². The Labute approximate surface area is 96.0 Å². The molecule has 1 aliphatic heterocycles. The Morgan fingerprint density at radius 3 is 2.88 bits per heavy atom. The maximum absolute atomic E-state index is 12.0. The highest BCUT2D eigenvalue weighted by molar-refractivity contribution is 6.02. The van der Waals surface area contributed by atoms with Crippen molar-refractivity contribution in [1.82, 2.24) is 5.32 Å². The van der Waals surface area contributed by atoms with Crippen LogP contribution in [0.25, 0.3) is 0 Å². The number of ketones is 1. The predicted octanol–water partition coefficient (Wildman–Crippen LogP) is 1.06. The van der Waals surface area contributed by atoms with Gasteiger partial charge in [0, 0.05) is 0 Å². The van der Waals surface area contributed by atoms with Crippen LogP contribution in [0, 0.1) is 5.92 Å². The first-order chi connectivity index (χ1) is 7.56. The van der Waals surface area contributed by atoms with Gasteiger partial charge >= 0.3 is 5.97 Å². The van der Waals surface area contributed by atoms with Gasteiger partial charge in [-0.15, -0.1) is 6.58 Å². The third-order valence-electron chi connectivity index (χ3n) is 2.63. The van der Waals surface area contributed by atoms with Gasteiger partial charge in [-0.1, -0.05) is 5.57 Å². The summed E-state index contributed by atoms with van der Waals surface area (Å²) in [7, 11) is 0. The molecule has 2 atom stereocenters. The number of carbonyl (C=O) groups is 2. The lowest BCUT2D eigenvalue weighted by atomic mass is 9.88. The summed E-state index contributed by atoms with van der Waals surface area (Å²) < 4.78 is 4.90. The quantitative estimate of drug-likeness (QED) is 0.441. The molecule has 90 valence electrons. The summed E-state index contributed by atoms with van der Waals surface area (Å²) in [6.45, 7) is 8.40. The molecule has 2 unspecified atom stereocenters. The number of rotatable bonds is 4. The molecule has 0 spiro atoms. The molecule has 1 rings (SSSR count). The molecule has 1 fully saturated rings. The van der Waals surface area contributed by atoms with Gasteiger partial charge in [0.25, 0.3) is 0 Å². The van der Waals surface area contributed by atoms with Crippen LogP contribution in [-0.4, -0.2) is 30.9 Å². The first-order valence-corrected chi connectivity index (χ1v) is 5.64. The van der Waals surface area contributed by atoms with E-state index in [0.717, 1.165) is 5.57 Å². The van der Waals surface area contributed by atoms with Crippen molar-refractivity contribution in [3.63, 3.8) is 0 Å². The molecule has 0 amide bonds. The van der Waals surface area contributed by atoms with E-state index >= 15 is 0 Å². The van der Waals surface area contributed by atoms with Crippen molar-refractivity contribution in [3.8, 4) is 0 Å². The molecule has 0 aromatic carbocycles. The highest BCUT2D eigenvalue weighted by atomic mass is 16.5. The number of hydrogen-bond acceptors (Lipinski definition) is 4. The van der Waals surface area contributed by atoms with Gasteiger partial charge in [-0.3, -0.25) is 9.59 Å². The summed E-state index contributed by atoms with van der Waals surface area (Å²) in [5.74, 6) is -1.04. The van der Waals surface area contributed by atoms with Crippen molar-refractivity contribution in [1.29, 1.82) is 0 Å². The minimum atomic E-state index is -0.592. The molecular formula is C12H19NO3. The Hall–Kier alpha value is -1.16. The van der Waals surface area contributed by atoms with Crippen molar-refractivity contribution in [2.45, 2.75) is 32.7 Å². The number of Topliss-reactive ketones (excluding diaryl/α,β-unsaturated/α-hetero) is 1. The van der Waals surface area contributed by atoms with E-state index < -0.39 is 5.92 Å². The highest BCUT2D eigenvalue weighted by Gasteiger charge is 2.36. The van der Waals surface area contributed by atoms with E-state index in [2.05, 4.69) is 11.9 Å². The summed E-state index contributed by atoms with van der Waals surface area (Å²) in [4.78, 5) is 23.5. The van der Waals surface area contributed by atoms with Crippen molar-refractivity contribution < 1.29 is 14.3 Å². The highest BCUT2D eigenvalue weighted by Crippen LogP contribution is 2.18. The topological polar surface area (TPSA) is 55.4 Å². The van der Waals surface area contributed by atoms with Crippen LogP contribution >= 0.6 is 0 Å². The number of piperidine rings is 1. The second-order valence-electron chi connectivity index (χ2n) is 4.16. The van der Waals surface area contributed by atoms with Gasteiger partial charge in [-0.2, -0.15) is 0 Å². The van der Waals surface area contributed by atoms with E-state index in [1.165, 1.54) is 0 Å². The maximum atomic E-state index is 12.0. The molecule has 0 aliphatic carbocycles. The SMILES string of the molecule is C=C(C)CC1NCCC(C(=O)OCC)C1=O. The minimum absolute atomic E-state index is 0.0623. The van der Waals surface area contributed by atoms with Crippen LogP contribution < -0.4 is 5.32 Å². The van der Waals surface area contributed by atoms with Crippen LogP contribution in [0.5, 0.6) is 0 Å². The second-order valence-corrected chi connectivity index (χ2v) is 4.16. The number of hydrogen-bond donors (Lipinski definition) is 1. The molecule has 0 radical (unpaired) electrons. The Morgan fingerprint density at radius 1 is 1.62 bits per heavy atom. The van der Waals surface area contributed by atoms with E-state index in [0.29, 0.717) is 26.0 Å². The standard InChI is InChI=1S/C12H19NO3/c1-4-16-12(15)9-5-6-13-10(11(9)14)7-8(2)3/h9-10,13H,2,4-7H2,1,3H3. The predicted molar refractivity (Wildman–Crippen MR) is 61.0 cm³/mol. The molecular weight excluding hydrogens is 206 g/mol. The summed E-state index contributed by atoms with van der Waals surface area (Å²) in [5, 5.41) is 3.11. The Kier molecular flexibility index (Phi) is 4.68. The smallest absolute Gasteiger partial charge is 0.316 e. The molecule has 4 nitrogen and oxygen atoms in total. The van der Waals surface area contributed by atoms with E-state index in [9.17, 15) is 9.59 Å². The van der Waals surface area contributed by atoms with Crippen molar-refractivity contribution in [2.24, 2.45) is 5.92 Å². The molecule has 16 heavy (non-hydrogen) atoms. The Balaban J connectivity index is 2.63. The van der Waals surface area contributed by atoms with Crippen molar-refractivity contribution in [2.75, 3.05) is 13.2 Å².